The van der Waals surface area contributed by atoms with E-state index in [1.807, 2.05) is 0 Å². The fourth-order valence-corrected chi connectivity index (χ4v) is 2.62. The number of carbonyl (C=O) groups is 2. The highest BCUT2D eigenvalue weighted by Crippen LogP contribution is 2.28. The van der Waals surface area contributed by atoms with Crippen molar-refractivity contribution in [3.63, 3.8) is 0 Å². The average Bonchev–Trinajstić information content (AvgIpc) is 2.68. The first-order valence-electron chi connectivity index (χ1n) is 5.35. The summed E-state index contributed by atoms with van der Waals surface area (Å²) < 4.78 is 4.65. The van der Waals surface area contributed by atoms with Gasteiger partial charge in [-0.1, -0.05) is 27.5 Å². The first-order chi connectivity index (χ1) is 8.52. The molecule has 1 aliphatic rings. The lowest BCUT2D eigenvalue weighted by Gasteiger charge is -2.17. The predicted octanol–water partition coefficient (Wildman–Crippen LogP) is 2.63. The largest absolute Gasteiger partial charge is 0.465 e. The van der Waals surface area contributed by atoms with Crippen molar-refractivity contribution in [2.24, 2.45) is 0 Å². The van der Waals surface area contributed by atoms with Gasteiger partial charge in [-0.15, -0.1) is 0 Å². The zero-order valence-corrected chi connectivity index (χ0v) is 12.0. The molecular formula is C12H11BrClNO3. The van der Waals surface area contributed by atoms with Gasteiger partial charge in [0.25, 0.3) is 0 Å². The summed E-state index contributed by atoms with van der Waals surface area (Å²) in [4.78, 5) is 25.1. The van der Waals surface area contributed by atoms with E-state index in [9.17, 15) is 9.59 Å². The molecule has 1 amide bonds. The Morgan fingerprint density at radius 3 is 2.83 bits per heavy atom. The van der Waals surface area contributed by atoms with Gasteiger partial charge in [0.15, 0.2) is 0 Å². The topological polar surface area (TPSA) is 46.6 Å². The van der Waals surface area contributed by atoms with Crippen LogP contribution in [0.4, 0.5) is 5.69 Å². The number of hydrogen-bond acceptors (Lipinski definition) is 3. The molecule has 4 nitrogen and oxygen atoms in total. The van der Waals surface area contributed by atoms with Crippen LogP contribution in [-0.2, 0) is 9.53 Å². The summed E-state index contributed by atoms with van der Waals surface area (Å²) in [7, 11) is 1.29. The van der Waals surface area contributed by atoms with Crippen molar-refractivity contribution in [3.8, 4) is 0 Å². The number of ether oxygens (including phenoxy) is 1. The molecule has 0 N–H and O–H groups in total. The van der Waals surface area contributed by atoms with E-state index < -0.39 is 5.97 Å². The van der Waals surface area contributed by atoms with Crippen LogP contribution in [0.25, 0.3) is 0 Å². The monoisotopic (exact) mass is 331 g/mol. The standard InChI is InChI=1S/C12H11BrClNO3/c1-18-12(17)9-5-8(2-3-10(9)14)15-6-7(13)4-11(15)16/h2-3,5,7H,4,6H2,1H3. The third-order valence-corrected chi connectivity index (χ3v) is 3.69. The molecule has 1 saturated heterocycles. The van der Waals surface area contributed by atoms with Crippen molar-refractivity contribution in [2.45, 2.75) is 11.2 Å². The van der Waals surface area contributed by atoms with Crippen LogP contribution in [0.5, 0.6) is 0 Å². The third-order valence-electron chi connectivity index (χ3n) is 2.74. The van der Waals surface area contributed by atoms with Gasteiger partial charge >= 0.3 is 5.97 Å². The highest BCUT2D eigenvalue weighted by Gasteiger charge is 2.29. The van der Waals surface area contributed by atoms with E-state index in [1.165, 1.54) is 7.11 Å². The number of benzene rings is 1. The number of anilines is 1. The molecular weight excluding hydrogens is 321 g/mol. The molecule has 0 radical (unpaired) electrons. The van der Waals surface area contributed by atoms with Crippen LogP contribution in [0.3, 0.4) is 0 Å². The lowest BCUT2D eigenvalue weighted by atomic mass is 10.2. The molecule has 18 heavy (non-hydrogen) atoms. The van der Waals surface area contributed by atoms with Gasteiger partial charge in [-0.2, -0.15) is 0 Å². The van der Waals surface area contributed by atoms with E-state index in [0.717, 1.165) is 0 Å². The van der Waals surface area contributed by atoms with Gasteiger partial charge in [0.1, 0.15) is 0 Å². The van der Waals surface area contributed by atoms with Crippen LogP contribution >= 0.6 is 27.5 Å². The lowest BCUT2D eigenvalue weighted by molar-refractivity contribution is -0.117. The lowest BCUT2D eigenvalue weighted by Crippen LogP contribution is -2.24. The minimum absolute atomic E-state index is 0.0232. The molecule has 2 rings (SSSR count). The number of esters is 1. The van der Waals surface area contributed by atoms with E-state index in [4.69, 9.17) is 11.6 Å². The van der Waals surface area contributed by atoms with Crippen LogP contribution in [0.15, 0.2) is 18.2 Å². The minimum atomic E-state index is -0.510. The Morgan fingerprint density at radius 1 is 1.56 bits per heavy atom. The van der Waals surface area contributed by atoms with Crippen molar-refractivity contribution in [1.29, 1.82) is 0 Å². The Kier molecular flexibility index (Phi) is 3.92. The average molecular weight is 333 g/mol. The quantitative estimate of drug-likeness (QED) is 0.618. The summed E-state index contributed by atoms with van der Waals surface area (Å²) >= 11 is 9.34. The van der Waals surface area contributed by atoms with Gasteiger partial charge in [-0.05, 0) is 18.2 Å². The summed E-state index contributed by atoms with van der Waals surface area (Å²) in [5.41, 5.74) is 0.925. The maximum absolute atomic E-state index is 11.8. The molecule has 0 spiro atoms. The number of carbonyl (C=O) groups excluding carboxylic acids is 2. The number of methoxy groups -OCH3 is 1. The highest BCUT2D eigenvalue weighted by atomic mass is 79.9. The molecule has 1 heterocycles. The number of alkyl halides is 1. The van der Waals surface area contributed by atoms with Crippen LogP contribution < -0.4 is 4.90 Å². The zero-order chi connectivity index (χ0) is 13.3. The van der Waals surface area contributed by atoms with Crippen LogP contribution in [0.2, 0.25) is 5.02 Å². The molecule has 1 aromatic rings. The van der Waals surface area contributed by atoms with Crippen LogP contribution in [0, 0.1) is 0 Å². The fraction of sp³-hybridized carbons (Fsp3) is 0.333. The van der Waals surface area contributed by atoms with E-state index in [-0.39, 0.29) is 16.3 Å². The highest BCUT2D eigenvalue weighted by molar-refractivity contribution is 9.09. The van der Waals surface area contributed by atoms with Gasteiger partial charge in [0.05, 0.1) is 17.7 Å². The Balaban J connectivity index is 2.35. The van der Waals surface area contributed by atoms with Crippen molar-refractivity contribution in [2.75, 3.05) is 18.6 Å². The Labute approximate surface area is 118 Å². The molecule has 1 fully saturated rings. The van der Waals surface area contributed by atoms with Crippen molar-refractivity contribution in [3.05, 3.63) is 28.8 Å². The van der Waals surface area contributed by atoms with Gasteiger partial charge in [0.2, 0.25) is 5.91 Å². The normalized spacial score (nSPS) is 19.2. The number of amides is 1. The Hall–Kier alpha value is -1.07. The molecule has 1 aromatic carbocycles. The number of nitrogens with zero attached hydrogens (tertiary/aromatic N) is 1. The maximum Gasteiger partial charge on any atom is 0.339 e. The summed E-state index contributed by atoms with van der Waals surface area (Å²) in [6, 6.07) is 4.90. The van der Waals surface area contributed by atoms with E-state index in [1.54, 1.807) is 23.1 Å². The minimum Gasteiger partial charge on any atom is -0.465 e. The fourth-order valence-electron chi connectivity index (χ4n) is 1.86. The Morgan fingerprint density at radius 2 is 2.28 bits per heavy atom. The van der Waals surface area contributed by atoms with Crippen LogP contribution in [0.1, 0.15) is 16.8 Å². The smallest absolute Gasteiger partial charge is 0.339 e. The van der Waals surface area contributed by atoms with Crippen molar-refractivity contribution < 1.29 is 14.3 Å². The first kappa shape index (κ1) is 13.4. The summed E-state index contributed by atoms with van der Waals surface area (Å²) in [6.07, 6.45) is 0.455. The second-order valence-electron chi connectivity index (χ2n) is 3.96. The SMILES string of the molecule is COC(=O)c1cc(N2CC(Br)CC2=O)ccc1Cl. The molecule has 0 bridgehead atoms. The molecule has 6 heteroatoms. The summed E-state index contributed by atoms with van der Waals surface area (Å²) in [5, 5.41) is 0.313. The van der Waals surface area contributed by atoms with E-state index >= 15 is 0 Å². The van der Waals surface area contributed by atoms with E-state index in [2.05, 4.69) is 20.7 Å². The predicted molar refractivity (Wildman–Crippen MR) is 72.5 cm³/mol. The van der Waals surface area contributed by atoms with Gasteiger partial charge in [-0.25, -0.2) is 4.79 Å². The molecule has 0 saturated carbocycles. The molecule has 0 aromatic heterocycles. The summed E-state index contributed by atoms with van der Waals surface area (Å²) in [6.45, 7) is 0.584. The number of hydrogen-bond donors (Lipinski definition) is 0. The van der Waals surface area contributed by atoms with Crippen molar-refractivity contribution in [1.82, 2.24) is 0 Å². The molecule has 0 aliphatic carbocycles. The first-order valence-corrected chi connectivity index (χ1v) is 6.64. The molecule has 1 atom stereocenters. The number of halogens is 2. The van der Waals surface area contributed by atoms with Crippen molar-refractivity contribution >= 4 is 45.1 Å². The molecule has 1 aliphatic heterocycles. The third kappa shape index (κ3) is 2.52. The second-order valence-corrected chi connectivity index (χ2v) is 5.66. The molecule has 1 unspecified atom stereocenters. The van der Waals surface area contributed by atoms with Gasteiger partial charge in [-0.3, -0.25) is 4.79 Å². The maximum atomic E-state index is 11.8. The van der Waals surface area contributed by atoms with Crippen LogP contribution in [-0.4, -0.2) is 30.4 Å². The Bertz CT molecular complexity index is 506. The van der Waals surface area contributed by atoms with Gasteiger partial charge < -0.3 is 9.64 Å². The van der Waals surface area contributed by atoms with Gasteiger partial charge in [0, 0.05) is 23.5 Å². The molecule has 96 valence electrons. The zero-order valence-electron chi connectivity index (χ0n) is 9.65. The van der Waals surface area contributed by atoms with E-state index in [0.29, 0.717) is 23.7 Å². The summed E-state index contributed by atoms with van der Waals surface area (Å²) in [5.74, 6) is -0.487. The second kappa shape index (κ2) is 5.28. The number of rotatable bonds is 2.